The van der Waals surface area contributed by atoms with Crippen molar-refractivity contribution >= 4 is 0 Å². The molecule has 2 fully saturated rings. The molecule has 2 N–H and O–H groups in total. The van der Waals surface area contributed by atoms with Crippen molar-refractivity contribution in [1.82, 2.24) is 0 Å². The summed E-state index contributed by atoms with van der Waals surface area (Å²) in [6, 6.07) is 14.1. The number of phenols is 1. The average molecular weight is 379 g/mol. The van der Waals surface area contributed by atoms with E-state index in [0.29, 0.717) is 30.1 Å². The molecule has 28 heavy (non-hydrogen) atoms. The topological polar surface area (TPSA) is 49.7 Å². The molecule has 2 aromatic carbocycles. The molecule has 3 aliphatic carbocycles. The van der Waals surface area contributed by atoms with E-state index in [1.807, 2.05) is 36.4 Å². The summed E-state index contributed by atoms with van der Waals surface area (Å²) in [5.41, 5.74) is 3.86. The van der Waals surface area contributed by atoms with Crippen LogP contribution in [-0.4, -0.2) is 16.3 Å². The summed E-state index contributed by atoms with van der Waals surface area (Å²) in [7, 11) is 0. The lowest BCUT2D eigenvalue weighted by molar-refractivity contribution is -0.0226. The third kappa shape index (κ3) is 2.83. The highest BCUT2D eigenvalue weighted by Gasteiger charge is 2.54. The van der Waals surface area contributed by atoms with E-state index in [1.54, 1.807) is 0 Å². The van der Waals surface area contributed by atoms with Gasteiger partial charge >= 0.3 is 0 Å². The maximum Gasteiger partial charge on any atom is 0.161 e. The molecule has 0 aromatic heterocycles. The smallest absolute Gasteiger partial charge is 0.161 e. The Morgan fingerprint density at radius 1 is 1.07 bits per heavy atom. The van der Waals surface area contributed by atoms with Gasteiger partial charge in [0.25, 0.3) is 0 Å². The third-order valence-corrected chi connectivity index (χ3v) is 7.99. The van der Waals surface area contributed by atoms with Crippen LogP contribution in [0.5, 0.6) is 11.5 Å². The lowest BCUT2D eigenvalue weighted by atomic mass is 9.55. The Morgan fingerprint density at radius 3 is 2.71 bits per heavy atom. The van der Waals surface area contributed by atoms with E-state index in [2.05, 4.69) is 13.0 Å². The molecule has 0 amide bonds. The zero-order valence-corrected chi connectivity index (χ0v) is 16.6. The van der Waals surface area contributed by atoms with Crippen molar-refractivity contribution < 1.29 is 14.9 Å². The highest BCUT2D eigenvalue weighted by molar-refractivity contribution is 5.49. The SMILES string of the molecule is C[C@]12CC[C@@H]3c4cc(OCc5ccccc5)c(O)cc4CC[C@H]3[C@@H]1CC[C@H]2O. The number of rotatable bonds is 3. The van der Waals surface area contributed by atoms with Gasteiger partial charge in [-0.3, -0.25) is 0 Å². The Hall–Kier alpha value is -2.00. The third-order valence-electron chi connectivity index (χ3n) is 7.99. The van der Waals surface area contributed by atoms with Gasteiger partial charge in [-0.2, -0.15) is 0 Å². The number of ether oxygens (including phenoxy) is 1. The fourth-order valence-electron chi connectivity index (χ4n) is 6.41. The Balaban J connectivity index is 1.42. The minimum Gasteiger partial charge on any atom is -0.504 e. The molecule has 148 valence electrons. The summed E-state index contributed by atoms with van der Waals surface area (Å²) < 4.78 is 6.00. The second-order valence-corrected chi connectivity index (χ2v) is 9.35. The first-order valence-electron chi connectivity index (χ1n) is 10.8. The van der Waals surface area contributed by atoms with Crippen molar-refractivity contribution in [3.05, 3.63) is 59.2 Å². The summed E-state index contributed by atoms with van der Waals surface area (Å²) in [4.78, 5) is 0. The molecule has 0 radical (unpaired) electrons. The average Bonchev–Trinajstić information content (AvgIpc) is 3.02. The minimum atomic E-state index is -0.135. The maximum absolute atomic E-state index is 10.6. The molecular weight excluding hydrogens is 348 g/mol. The number of aryl methyl sites for hydroxylation is 1. The molecule has 3 nitrogen and oxygen atoms in total. The van der Waals surface area contributed by atoms with E-state index in [-0.39, 0.29) is 17.3 Å². The molecule has 0 bridgehead atoms. The standard InChI is InChI=1S/C25H30O3/c1-25-12-11-18-19(21(25)9-10-24(25)27)8-7-17-13-22(26)23(14-20(17)18)28-15-16-5-3-2-4-6-16/h2-6,13-14,18-19,21,24,26-27H,7-12,15H2,1H3/t18-,19+,21-,24+,25-/m0/s1. The quantitative estimate of drug-likeness (QED) is 0.773. The summed E-state index contributed by atoms with van der Waals surface area (Å²) >= 11 is 0. The number of fused-ring (bicyclic) bond motifs is 5. The second kappa shape index (κ2) is 6.81. The monoisotopic (exact) mass is 378 g/mol. The van der Waals surface area contributed by atoms with E-state index in [0.717, 1.165) is 37.7 Å². The molecule has 3 aliphatic rings. The number of hydrogen-bond donors (Lipinski definition) is 2. The number of phenolic OH excluding ortho intramolecular Hbond substituents is 1. The van der Waals surface area contributed by atoms with Crippen LogP contribution in [0.4, 0.5) is 0 Å². The van der Waals surface area contributed by atoms with Crippen molar-refractivity contribution in [3.8, 4) is 11.5 Å². The maximum atomic E-state index is 10.6. The fourth-order valence-corrected chi connectivity index (χ4v) is 6.41. The Kier molecular flexibility index (Phi) is 4.39. The van der Waals surface area contributed by atoms with Crippen LogP contribution in [0.15, 0.2) is 42.5 Å². The van der Waals surface area contributed by atoms with Gasteiger partial charge in [0, 0.05) is 0 Å². The van der Waals surface area contributed by atoms with Crippen LogP contribution in [0, 0.1) is 17.3 Å². The molecular formula is C25H30O3. The first-order valence-corrected chi connectivity index (χ1v) is 10.8. The van der Waals surface area contributed by atoms with E-state index in [9.17, 15) is 10.2 Å². The first kappa shape index (κ1) is 18.1. The van der Waals surface area contributed by atoms with Crippen molar-refractivity contribution in [2.45, 2.75) is 64.1 Å². The van der Waals surface area contributed by atoms with Crippen LogP contribution in [-0.2, 0) is 13.0 Å². The van der Waals surface area contributed by atoms with E-state index in [4.69, 9.17) is 4.74 Å². The summed E-state index contributed by atoms with van der Waals surface area (Å²) in [5, 5.41) is 21.1. The molecule has 2 aromatic rings. The number of aliphatic hydroxyl groups excluding tert-OH is 1. The molecule has 0 unspecified atom stereocenters. The second-order valence-electron chi connectivity index (χ2n) is 9.35. The van der Waals surface area contributed by atoms with Crippen LogP contribution in [0.2, 0.25) is 0 Å². The predicted octanol–water partition coefficient (Wildman–Crippen LogP) is 5.19. The van der Waals surface area contributed by atoms with E-state index in [1.165, 1.54) is 17.5 Å². The van der Waals surface area contributed by atoms with Gasteiger partial charge in [-0.25, -0.2) is 0 Å². The van der Waals surface area contributed by atoms with E-state index < -0.39 is 0 Å². The van der Waals surface area contributed by atoms with E-state index >= 15 is 0 Å². The van der Waals surface area contributed by atoms with Crippen molar-refractivity contribution in [2.24, 2.45) is 17.3 Å². The summed E-state index contributed by atoms with van der Waals surface area (Å²) in [6.45, 7) is 2.78. The van der Waals surface area contributed by atoms with Gasteiger partial charge in [0.15, 0.2) is 11.5 Å². The van der Waals surface area contributed by atoms with Crippen LogP contribution >= 0.6 is 0 Å². The van der Waals surface area contributed by atoms with Crippen molar-refractivity contribution in [3.63, 3.8) is 0 Å². The Labute approximate surface area is 167 Å². The van der Waals surface area contributed by atoms with Gasteiger partial charge in [-0.1, -0.05) is 37.3 Å². The normalized spacial score (nSPS) is 33.6. The first-order chi connectivity index (χ1) is 13.6. The molecule has 2 saturated carbocycles. The number of aliphatic hydroxyl groups is 1. The van der Waals surface area contributed by atoms with Crippen LogP contribution in [0.3, 0.4) is 0 Å². The van der Waals surface area contributed by atoms with Crippen LogP contribution in [0.25, 0.3) is 0 Å². The Morgan fingerprint density at radius 2 is 1.89 bits per heavy atom. The van der Waals surface area contributed by atoms with Gasteiger partial charge in [-0.15, -0.1) is 0 Å². The lowest BCUT2D eigenvalue weighted by Crippen LogP contribution is -2.43. The minimum absolute atomic E-state index is 0.0994. The lowest BCUT2D eigenvalue weighted by Gasteiger charge is -2.50. The Bertz CT molecular complexity index is 862. The van der Waals surface area contributed by atoms with Gasteiger partial charge in [-0.05, 0) is 90.5 Å². The molecule has 0 spiro atoms. The zero-order chi connectivity index (χ0) is 19.3. The molecule has 3 heteroatoms. The highest BCUT2D eigenvalue weighted by atomic mass is 16.5. The number of benzene rings is 2. The number of aromatic hydroxyl groups is 1. The molecule has 5 rings (SSSR count). The summed E-state index contributed by atoms with van der Waals surface area (Å²) in [5.74, 6) is 2.66. The van der Waals surface area contributed by atoms with Gasteiger partial charge in [0.1, 0.15) is 6.61 Å². The van der Waals surface area contributed by atoms with Crippen molar-refractivity contribution in [2.75, 3.05) is 0 Å². The van der Waals surface area contributed by atoms with Gasteiger partial charge < -0.3 is 14.9 Å². The van der Waals surface area contributed by atoms with Gasteiger partial charge in [0.2, 0.25) is 0 Å². The van der Waals surface area contributed by atoms with Crippen molar-refractivity contribution in [1.29, 1.82) is 0 Å². The summed E-state index contributed by atoms with van der Waals surface area (Å²) in [6.07, 6.45) is 6.40. The predicted molar refractivity (Wildman–Crippen MR) is 110 cm³/mol. The largest absolute Gasteiger partial charge is 0.504 e. The number of hydrogen-bond acceptors (Lipinski definition) is 3. The highest BCUT2D eigenvalue weighted by Crippen LogP contribution is 2.61. The molecule has 0 saturated heterocycles. The van der Waals surface area contributed by atoms with Crippen LogP contribution in [0.1, 0.15) is 61.6 Å². The van der Waals surface area contributed by atoms with Crippen LogP contribution < -0.4 is 4.74 Å². The zero-order valence-electron chi connectivity index (χ0n) is 16.6. The molecule has 5 atom stereocenters. The molecule has 0 heterocycles. The van der Waals surface area contributed by atoms with Gasteiger partial charge in [0.05, 0.1) is 6.10 Å². The molecule has 0 aliphatic heterocycles. The fraction of sp³-hybridized carbons (Fsp3) is 0.520.